The van der Waals surface area contributed by atoms with Crippen molar-refractivity contribution in [3.05, 3.63) is 47.7 Å². The van der Waals surface area contributed by atoms with Crippen LogP contribution in [0.5, 0.6) is 0 Å². The smallest absolute Gasteiger partial charge is 0.163 e. The monoisotopic (exact) mass is 256 g/mol. The highest BCUT2D eigenvalue weighted by Gasteiger charge is 2.21. The maximum atomic E-state index is 11.7. The highest BCUT2D eigenvalue weighted by molar-refractivity contribution is 7.99. The summed E-state index contributed by atoms with van der Waals surface area (Å²) in [6.45, 7) is 0. The molecule has 0 spiro atoms. The third-order valence-electron chi connectivity index (χ3n) is 3.01. The van der Waals surface area contributed by atoms with Crippen molar-refractivity contribution in [2.45, 2.75) is 22.8 Å². The van der Waals surface area contributed by atoms with E-state index in [1.54, 1.807) is 6.20 Å². The highest BCUT2D eigenvalue weighted by Crippen LogP contribution is 2.35. The van der Waals surface area contributed by atoms with E-state index < -0.39 is 0 Å². The number of nitrogens with two attached hydrogens (primary N) is 1. The summed E-state index contributed by atoms with van der Waals surface area (Å²) in [7, 11) is 0. The molecule has 90 valence electrons. The van der Waals surface area contributed by atoms with E-state index in [1.165, 1.54) is 11.8 Å². The molecule has 2 aromatic rings. The maximum Gasteiger partial charge on any atom is 0.163 e. The summed E-state index contributed by atoms with van der Waals surface area (Å²) in [5.74, 6) is 0.216. The Hall–Kier alpha value is -1.81. The molecule has 2 N–H and O–H groups in total. The molecule has 0 saturated carbocycles. The molecule has 0 atom stereocenters. The van der Waals surface area contributed by atoms with Crippen LogP contribution in [0.25, 0.3) is 0 Å². The second-order valence-electron chi connectivity index (χ2n) is 4.24. The minimum absolute atomic E-state index is 0.216. The molecule has 18 heavy (non-hydrogen) atoms. The van der Waals surface area contributed by atoms with Crippen molar-refractivity contribution in [1.29, 1.82) is 0 Å². The number of fused-ring (bicyclic) bond motifs is 1. The van der Waals surface area contributed by atoms with Gasteiger partial charge in [-0.05, 0) is 36.2 Å². The molecule has 1 aliphatic carbocycles. The lowest BCUT2D eigenvalue weighted by Gasteiger charge is -2.07. The van der Waals surface area contributed by atoms with Crippen LogP contribution in [0.3, 0.4) is 0 Å². The van der Waals surface area contributed by atoms with E-state index in [0.29, 0.717) is 6.42 Å². The molecule has 4 heteroatoms. The minimum Gasteiger partial charge on any atom is -0.398 e. The first-order valence-electron chi connectivity index (χ1n) is 5.78. The molecule has 0 aliphatic heterocycles. The third kappa shape index (κ3) is 1.99. The van der Waals surface area contributed by atoms with Crippen molar-refractivity contribution in [3.63, 3.8) is 0 Å². The lowest BCUT2D eigenvalue weighted by molar-refractivity contribution is 0.0994. The van der Waals surface area contributed by atoms with Gasteiger partial charge in [-0.3, -0.25) is 4.79 Å². The number of aromatic nitrogens is 1. The van der Waals surface area contributed by atoms with Crippen LogP contribution < -0.4 is 5.73 Å². The van der Waals surface area contributed by atoms with E-state index in [-0.39, 0.29) is 5.78 Å². The second-order valence-corrected chi connectivity index (χ2v) is 5.30. The number of aryl methyl sites for hydroxylation is 1. The Morgan fingerprint density at radius 1 is 1.22 bits per heavy atom. The Labute approximate surface area is 109 Å². The molecule has 1 heterocycles. The number of hydrogen-bond acceptors (Lipinski definition) is 4. The zero-order valence-electron chi connectivity index (χ0n) is 9.72. The van der Waals surface area contributed by atoms with Crippen molar-refractivity contribution < 1.29 is 4.79 Å². The fourth-order valence-corrected chi connectivity index (χ4v) is 2.94. The molecule has 1 aromatic heterocycles. The van der Waals surface area contributed by atoms with E-state index in [1.807, 2.05) is 30.3 Å². The second kappa shape index (κ2) is 4.46. The van der Waals surface area contributed by atoms with E-state index >= 15 is 0 Å². The van der Waals surface area contributed by atoms with Crippen molar-refractivity contribution in [3.8, 4) is 0 Å². The molecule has 1 aromatic carbocycles. The van der Waals surface area contributed by atoms with Gasteiger partial charge in [-0.2, -0.15) is 0 Å². The lowest BCUT2D eigenvalue weighted by Crippen LogP contribution is -1.96. The first-order valence-corrected chi connectivity index (χ1v) is 6.60. The highest BCUT2D eigenvalue weighted by atomic mass is 32.2. The van der Waals surface area contributed by atoms with Gasteiger partial charge in [0.2, 0.25) is 0 Å². The quantitative estimate of drug-likeness (QED) is 0.839. The molecule has 0 radical (unpaired) electrons. The number of carbonyl (C=O) groups is 1. The summed E-state index contributed by atoms with van der Waals surface area (Å²) in [4.78, 5) is 16.9. The van der Waals surface area contributed by atoms with Crippen LogP contribution in [0, 0.1) is 0 Å². The molecule has 1 aliphatic rings. The van der Waals surface area contributed by atoms with E-state index in [0.717, 1.165) is 33.2 Å². The van der Waals surface area contributed by atoms with Crippen LogP contribution in [-0.4, -0.2) is 10.8 Å². The first kappa shape index (κ1) is 11.3. The van der Waals surface area contributed by atoms with Crippen LogP contribution in [0.4, 0.5) is 5.69 Å². The molecule has 0 saturated heterocycles. The molecule has 3 nitrogen and oxygen atoms in total. The van der Waals surface area contributed by atoms with E-state index in [9.17, 15) is 4.79 Å². The summed E-state index contributed by atoms with van der Waals surface area (Å²) < 4.78 is 0. The van der Waals surface area contributed by atoms with Gasteiger partial charge in [0.25, 0.3) is 0 Å². The number of nitrogens with zero attached hydrogens (tertiary/aromatic N) is 1. The van der Waals surface area contributed by atoms with Crippen LogP contribution >= 0.6 is 11.8 Å². The largest absolute Gasteiger partial charge is 0.398 e. The minimum atomic E-state index is 0.216. The summed E-state index contributed by atoms with van der Waals surface area (Å²) in [5, 5.41) is 0.884. The Bertz CT molecular complexity index is 611. The third-order valence-corrected chi connectivity index (χ3v) is 4.03. The maximum absolute atomic E-state index is 11.7. The summed E-state index contributed by atoms with van der Waals surface area (Å²) >= 11 is 1.49. The van der Waals surface area contributed by atoms with Gasteiger partial charge < -0.3 is 5.73 Å². The van der Waals surface area contributed by atoms with Crippen LogP contribution in [0.2, 0.25) is 0 Å². The Morgan fingerprint density at radius 2 is 2.11 bits per heavy atom. The van der Waals surface area contributed by atoms with Gasteiger partial charge in [-0.15, -0.1) is 0 Å². The summed E-state index contributed by atoms with van der Waals surface area (Å²) in [6, 6.07) is 9.56. The predicted octanol–water partition coefficient (Wildman–Crippen LogP) is 2.94. The standard InChI is InChI=1S/C14H12N2OS/c15-11-7-9-4-5-12(17)10(9)8-13(11)18-14-3-1-2-6-16-14/h1-3,6-8H,4-5,15H2. The van der Waals surface area contributed by atoms with Gasteiger partial charge in [0, 0.05) is 28.8 Å². The van der Waals surface area contributed by atoms with Gasteiger partial charge in [-0.25, -0.2) is 4.98 Å². The predicted molar refractivity (Wildman–Crippen MR) is 71.9 cm³/mol. The van der Waals surface area contributed by atoms with Crippen LogP contribution in [-0.2, 0) is 6.42 Å². The molecule has 3 rings (SSSR count). The molecule has 0 unspecified atom stereocenters. The summed E-state index contributed by atoms with van der Waals surface area (Å²) in [6.07, 6.45) is 3.16. The molecule has 0 fully saturated rings. The van der Waals surface area contributed by atoms with E-state index in [4.69, 9.17) is 5.73 Å². The first-order chi connectivity index (χ1) is 8.74. The van der Waals surface area contributed by atoms with Crippen molar-refractivity contribution in [2.24, 2.45) is 0 Å². The fourth-order valence-electron chi connectivity index (χ4n) is 2.10. The average molecular weight is 256 g/mol. The normalized spacial score (nSPS) is 13.7. The number of pyridine rings is 1. The number of hydrogen-bond donors (Lipinski definition) is 1. The van der Waals surface area contributed by atoms with Gasteiger partial charge in [-0.1, -0.05) is 17.8 Å². The molecule has 0 bridgehead atoms. The number of Topliss-reactive ketones (excluding diaryl/α,β-unsaturated/α-hetero) is 1. The van der Waals surface area contributed by atoms with E-state index in [2.05, 4.69) is 4.98 Å². The van der Waals surface area contributed by atoms with Crippen molar-refractivity contribution in [2.75, 3.05) is 5.73 Å². The van der Waals surface area contributed by atoms with Gasteiger partial charge in [0.1, 0.15) is 5.03 Å². The zero-order chi connectivity index (χ0) is 12.5. The van der Waals surface area contributed by atoms with Gasteiger partial charge >= 0.3 is 0 Å². The lowest BCUT2D eigenvalue weighted by atomic mass is 10.1. The van der Waals surface area contributed by atoms with Gasteiger partial charge in [0.05, 0.1) is 0 Å². The number of carbonyl (C=O) groups excluding carboxylic acids is 1. The fraction of sp³-hybridized carbons (Fsp3) is 0.143. The Kier molecular flexibility index (Phi) is 2.80. The molecule has 0 amide bonds. The molecular weight excluding hydrogens is 244 g/mol. The Balaban J connectivity index is 1.98. The summed E-state index contributed by atoms with van der Waals surface area (Å²) in [5.41, 5.74) is 8.64. The topological polar surface area (TPSA) is 56.0 Å². The van der Waals surface area contributed by atoms with Crippen molar-refractivity contribution >= 4 is 23.2 Å². The zero-order valence-corrected chi connectivity index (χ0v) is 10.5. The van der Waals surface area contributed by atoms with Crippen LogP contribution in [0.1, 0.15) is 22.3 Å². The number of rotatable bonds is 2. The van der Waals surface area contributed by atoms with Gasteiger partial charge in [0.15, 0.2) is 5.78 Å². The van der Waals surface area contributed by atoms with Crippen LogP contribution in [0.15, 0.2) is 46.5 Å². The molecular formula is C14H12N2OS. The number of nitrogen functional groups attached to an aromatic ring is 1. The number of benzene rings is 1. The average Bonchev–Trinajstić information content (AvgIpc) is 2.73. The van der Waals surface area contributed by atoms with Crippen molar-refractivity contribution in [1.82, 2.24) is 4.98 Å². The number of anilines is 1. The number of ketones is 1. The Morgan fingerprint density at radius 3 is 2.89 bits per heavy atom. The SMILES string of the molecule is Nc1cc2c(cc1Sc1ccccn1)C(=O)CC2.